The van der Waals surface area contributed by atoms with E-state index in [0.29, 0.717) is 5.02 Å². The Morgan fingerprint density at radius 2 is 1.64 bits per heavy atom. The molecule has 0 spiro atoms. The Hall–Kier alpha value is -1.61. The molecule has 114 valence electrons. The minimum absolute atomic E-state index is 0. The van der Waals surface area contributed by atoms with Crippen molar-refractivity contribution < 1.29 is 4.79 Å². The van der Waals surface area contributed by atoms with Gasteiger partial charge in [0, 0.05) is 10.9 Å². The lowest BCUT2D eigenvalue weighted by molar-refractivity contribution is -0.116. The van der Waals surface area contributed by atoms with Crippen molar-refractivity contribution in [3.63, 3.8) is 0 Å². The quantitative estimate of drug-likeness (QED) is 0.893. The molecule has 22 heavy (non-hydrogen) atoms. The largest absolute Gasteiger partial charge is 0.321 e. The van der Waals surface area contributed by atoms with Gasteiger partial charge in [-0.05, 0) is 41.3 Å². The average Bonchev–Trinajstić information content (AvgIpc) is 2.51. The van der Waals surface area contributed by atoms with Crippen molar-refractivity contribution in [2.45, 2.75) is 18.4 Å². The molecule has 0 fully saturated rings. The molecule has 0 bridgehead atoms. The molecule has 1 aliphatic carbocycles. The van der Waals surface area contributed by atoms with Gasteiger partial charge >= 0.3 is 0 Å². The van der Waals surface area contributed by atoms with Crippen LogP contribution >= 0.6 is 24.0 Å². The van der Waals surface area contributed by atoms with Crippen LogP contribution in [0.1, 0.15) is 23.5 Å². The van der Waals surface area contributed by atoms with E-state index >= 15 is 0 Å². The van der Waals surface area contributed by atoms with E-state index in [1.54, 1.807) is 6.08 Å². The highest BCUT2D eigenvalue weighted by Crippen LogP contribution is 2.35. The SMILES string of the molecule is Cl.NC1C(=O)C=C(c2ccc(Cl)cc2)CC1c1ccccc1. The van der Waals surface area contributed by atoms with Gasteiger partial charge in [-0.25, -0.2) is 0 Å². The van der Waals surface area contributed by atoms with Crippen LogP contribution in [-0.4, -0.2) is 11.8 Å². The van der Waals surface area contributed by atoms with Crippen LogP contribution in [0.5, 0.6) is 0 Å². The average molecular weight is 334 g/mol. The second-order valence-electron chi connectivity index (χ2n) is 5.33. The molecule has 2 nitrogen and oxygen atoms in total. The molecule has 0 saturated carbocycles. The maximum Gasteiger partial charge on any atom is 0.173 e. The van der Waals surface area contributed by atoms with E-state index < -0.39 is 6.04 Å². The number of ketones is 1. The number of hydrogen-bond donors (Lipinski definition) is 1. The molecule has 3 rings (SSSR count). The Morgan fingerprint density at radius 1 is 1.00 bits per heavy atom. The lowest BCUT2D eigenvalue weighted by Gasteiger charge is -2.28. The third-order valence-corrected chi connectivity index (χ3v) is 4.21. The minimum Gasteiger partial charge on any atom is -0.321 e. The lowest BCUT2D eigenvalue weighted by Crippen LogP contribution is -2.38. The van der Waals surface area contributed by atoms with E-state index in [9.17, 15) is 4.79 Å². The summed E-state index contributed by atoms with van der Waals surface area (Å²) in [4.78, 5) is 12.2. The Balaban J connectivity index is 0.00000176. The summed E-state index contributed by atoms with van der Waals surface area (Å²) in [6.45, 7) is 0. The normalized spacial score (nSPS) is 21.0. The van der Waals surface area contributed by atoms with Crippen LogP contribution in [0.25, 0.3) is 5.57 Å². The van der Waals surface area contributed by atoms with Gasteiger partial charge in [0.25, 0.3) is 0 Å². The first-order valence-corrected chi connectivity index (χ1v) is 7.34. The highest BCUT2D eigenvalue weighted by atomic mass is 35.5. The van der Waals surface area contributed by atoms with E-state index in [1.165, 1.54) is 0 Å². The molecule has 2 aromatic carbocycles. The van der Waals surface area contributed by atoms with Gasteiger partial charge in [-0.3, -0.25) is 4.79 Å². The van der Waals surface area contributed by atoms with Gasteiger partial charge in [-0.15, -0.1) is 12.4 Å². The van der Waals surface area contributed by atoms with E-state index in [0.717, 1.165) is 23.1 Å². The second kappa shape index (κ2) is 7.10. The predicted octanol–water partition coefficient (Wildman–Crippen LogP) is 4.23. The van der Waals surface area contributed by atoms with Gasteiger partial charge < -0.3 is 5.73 Å². The Kier molecular flexibility index (Phi) is 5.41. The van der Waals surface area contributed by atoms with E-state index in [4.69, 9.17) is 17.3 Å². The number of halogens is 2. The van der Waals surface area contributed by atoms with Gasteiger partial charge in [-0.2, -0.15) is 0 Å². The third kappa shape index (κ3) is 3.41. The van der Waals surface area contributed by atoms with Crippen LogP contribution in [0, 0.1) is 0 Å². The highest BCUT2D eigenvalue weighted by Gasteiger charge is 2.30. The van der Waals surface area contributed by atoms with Crippen LogP contribution in [-0.2, 0) is 4.79 Å². The van der Waals surface area contributed by atoms with Gasteiger partial charge in [0.1, 0.15) is 0 Å². The van der Waals surface area contributed by atoms with Crippen molar-refractivity contribution in [2.24, 2.45) is 5.73 Å². The number of hydrogen-bond acceptors (Lipinski definition) is 2. The van der Waals surface area contributed by atoms with Crippen LogP contribution < -0.4 is 5.73 Å². The standard InChI is InChI=1S/C18H16ClNO.ClH/c19-15-8-6-12(7-9-15)14-10-16(18(20)17(21)11-14)13-4-2-1-3-5-13;/h1-9,11,16,18H,10,20H2;1H. The molecule has 0 amide bonds. The number of carbonyl (C=O) groups excluding carboxylic acids is 1. The number of rotatable bonds is 2. The fraction of sp³-hybridized carbons (Fsp3) is 0.167. The summed E-state index contributed by atoms with van der Waals surface area (Å²) in [5.74, 6) is 0.00873. The lowest BCUT2D eigenvalue weighted by atomic mass is 9.78. The van der Waals surface area contributed by atoms with E-state index in [1.807, 2.05) is 54.6 Å². The molecule has 0 heterocycles. The molecule has 2 atom stereocenters. The first-order valence-electron chi connectivity index (χ1n) is 6.96. The summed E-state index contributed by atoms with van der Waals surface area (Å²) in [5, 5.41) is 0.692. The molecule has 0 saturated heterocycles. The maximum absolute atomic E-state index is 12.2. The molecule has 2 aromatic rings. The Bertz CT molecular complexity index is 680. The number of carbonyl (C=O) groups is 1. The number of allylic oxidation sites excluding steroid dienone is 1. The maximum atomic E-state index is 12.2. The van der Waals surface area contributed by atoms with Crippen LogP contribution in [0.3, 0.4) is 0 Å². The van der Waals surface area contributed by atoms with Crippen LogP contribution in [0.2, 0.25) is 5.02 Å². The number of benzene rings is 2. The number of nitrogens with two attached hydrogens (primary N) is 1. The summed E-state index contributed by atoms with van der Waals surface area (Å²) < 4.78 is 0. The van der Waals surface area contributed by atoms with Crippen molar-refractivity contribution in [1.29, 1.82) is 0 Å². The fourth-order valence-electron chi connectivity index (χ4n) is 2.78. The first kappa shape index (κ1) is 16.8. The molecule has 0 aliphatic heterocycles. The fourth-order valence-corrected chi connectivity index (χ4v) is 2.91. The van der Waals surface area contributed by atoms with Gasteiger partial charge in [-0.1, -0.05) is 54.1 Å². The zero-order valence-electron chi connectivity index (χ0n) is 11.9. The molecule has 0 radical (unpaired) electrons. The Morgan fingerprint density at radius 3 is 2.27 bits per heavy atom. The minimum atomic E-state index is -0.469. The van der Waals surface area contributed by atoms with Crippen molar-refractivity contribution in [1.82, 2.24) is 0 Å². The topological polar surface area (TPSA) is 43.1 Å². The summed E-state index contributed by atoms with van der Waals surface area (Å²) in [5.41, 5.74) is 9.26. The van der Waals surface area contributed by atoms with Crippen LogP contribution in [0.4, 0.5) is 0 Å². The van der Waals surface area contributed by atoms with Crippen molar-refractivity contribution in [2.75, 3.05) is 0 Å². The third-order valence-electron chi connectivity index (χ3n) is 3.96. The zero-order chi connectivity index (χ0) is 14.8. The predicted molar refractivity (Wildman–Crippen MR) is 93.5 cm³/mol. The summed E-state index contributed by atoms with van der Waals surface area (Å²) in [6, 6.07) is 17.1. The van der Waals surface area contributed by atoms with E-state index in [-0.39, 0.29) is 24.1 Å². The van der Waals surface area contributed by atoms with Crippen LogP contribution in [0.15, 0.2) is 60.7 Å². The second-order valence-corrected chi connectivity index (χ2v) is 5.76. The van der Waals surface area contributed by atoms with E-state index in [2.05, 4.69) is 0 Å². The smallest absolute Gasteiger partial charge is 0.173 e. The monoisotopic (exact) mass is 333 g/mol. The summed E-state index contributed by atoms with van der Waals surface area (Å²) in [6.07, 6.45) is 2.44. The van der Waals surface area contributed by atoms with Crippen molar-refractivity contribution >= 4 is 35.4 Å². The molecule has 4 heteroatoms. The van der Waals surface area contributed by atoms with Gasteiger partial charge in [0.05, 0.1) is 6.04 Å². The van der Waals surface area contributed by atoms with Gasteiger partial charge in [0.2, 0.25) is 0 Å². The molecular weight excluding hydrogens is 317 g/mol. The van der Waals surface area contributed by atoms with Gasteiger partial charge in [0.15, 0.2) is 5.78 Å². The molecule has 0 aromatic heterocycles. The van der Waals surface area contributed by atoms with Crippen molar-refractivity contribution in [3.05, 3.63) is 76.8 Å². The molecule has 2 N–H and O–H groups in total. The molecule has 1 aliphatic rings. The molecule has 2 unspecified atom stereocenters. The summed E-state index contributed by atoms with van der Waals surface area (Å²) >= 11 is 5.92. The summed E-state index contributed by atoms with van der Waals surface area (Å²) in [7, 11) is 0. The Labute approximate surface area is 141 Å². The zero-order valence-corrected chi connectivity index (χ0v) is 13.5. The highest BCUT2D eigenvalue weighted by molar-refractivity contribution is 6.30. The molecular formula is C18H17Cl2NO. The van der Waals surface area contributed by atoms with Crippen molar-refractivity contribution in [3.8, 4) is 0 Å². The first-order chi connectivity index (χ1) is 10.1.